The molecule has 0 atom stereocenters. The highest BCUT2D eigenvalue weighted by molar-refractivity contribution is 7.15. The molecular formula is C35H39N3OS. The van der Waals surface area contributed by atoms with E-state index in [0.717, 1.165) is 58.2 Å². The lowest BCUT2D eigenvalue weighted by atomic mass is 9.84. The zero-order valence-corrected chi connectivity index (χ0v) is 24.7. The minimum absolute atomic E-state index is 0.0148. The third-order valence-corrected chi connectivity index (χ3v) is 9.96. The van der Waals surface area contributed by atoms with Gasteiger partial charge in [-0.05, 0) is 107 Å². The van der Waals surface area contributed by atoms with Gasteiger partial charge in [0.15, 0.2) is 0 Å². The molecule has 2 aromatic carbocycles. The Morgan fingerprint density at radius 1 is 0.925 bits per heavy atom. The van der Waals surface area contributed by atoms with Crippen LogP contribution in [0.4, 0.5) is 11.4 Å². The van der Waals surface area contributed by atoms with Crippen molar-refractivity contribution >= 4 is 34.8 Å². The van der Waals surface area contributed by atoms with Gasteiger partial charge < -0.3 is 9.88 Å². The summed E-state index contributed by atoms with van der Waals surface area (Å²) in [5.74, 6) is 0.693. The van der Waals surface area contributed by atoms with Crippen LogP contribution in [0, 0.1) is 20.8 Å². The lowest BCUT2D eigenvalue weighted by Gasteiger charge is -2.21. The number of aryl methyl sites for hydroxylation is 3. The van der Waals surface area contributed by atoms with Crippen molar-refractivity contribution < 1.29 is 4.79 Å². The highest BCUT2D eigenvalue weighted by Crippen LogP contribution is 2.39. The smallest absolute Gasteiger partial charge is 0.258 e. The van der Waals surface area contributed by atoms with Crippen molar-refractivity contribution in [1.29, 1.82) is 0 Å². The van der Waals surface area contributed by atoms with Gasteiger partial charge >= 0.3 is 0 Å². The quantitative estimate of drug-likeness (QED) is 0.239. The van der Waals surface area contributed by atoms with E-state index in [1.165, 1.54) is 60.1 Å². The number of carbonyl (C=O) groups is 1. The molecule has 40 heavy (non-hydrogen) atoms. The summed E-state index contributed by atoms with van der Waals surface area (Å²) < 4.78 is 2.26. The molecule has 0 unspecified atom stereocenters. The van der Waals surface area contributed by atoms with Gasteiger partial charge in [0.05, 0.1) is 11.3 Å². The number of nitrogens with zero attached hydrogens (tertiary/aromatic N) is 2. The Kier molecular flexibility index (Phi) is 7.75. The summed E-state index contributed by atoms with van der Waals surface area (Å²) in [6.45, 7) is 6.33. The second-order valence-corrected chi connectivity index (χ2v) is 12.6. The summed E-state index contributed by atoms with van der Waals surface area (Å²) in [6, 6.07) is 19.1. The number of anilines is 1. The van der Waals surface area contributed by atoms with Crippen LogP contribution in [0.1, 0.15) is 99.7 Å². The number of hydrogen-bond acceptors (Lipinski definition) is 3. The Morgan fingerprint density at radius 2 is 1.65 bits per heavy atom. The Labute approximate surface area is 242 Å². The van der Waals surface area contributed by atoms with Crippen molar-refractivity contribution in [3.63, 3.8) is 0 Å². The Bertz CT molecular complexity index is 1530. The number of thiophene rings is 1. The molecular weight excluding hydrogens is 510 g/mol. The van der Waals surface area contributed by atoms with Gasteiger partial charge in [0.2, 0.25) is 0 Å². The number of carbonyl (C=O) groups excluding carboxylic acids is 1. The van der Waals surface area contributed by atoms with Crippen molar-refractivity contribution in [3.05, 3.63) is 98.7 Å². The van der Waals surface area contributed by atoms with Crippen molar-refractivity contribution in [2.24, 2.45) is 4.99 Å². The molecule has 4 aromatic rings. The highest BCUT2D eigenvalue weighted by atomic mass is 32.1. The van der Waals surface area contributed by atoms with Crippen LogP contribution in [-0.4, -0.2) is 16.7 Å². The van der Waals surface area contributed by atoms with Gasteiger partial charge in [0.25, 0.3) is 5.91 Å². The fraction of sp³-hybridized carbons (Fsp3) is 0.371. The van der Waals surface area contributed by atoms with E-state index in [1.54, 1.807) is 11.3 Å². The van der Waals surface area contributed by atoms with Gasteiger partial charge in [-0.3, -0.25) is 9.79 Å². The van der Waals surface area contributed by atoms with Gasteiger partial charge in [-0.2, -0.15) is 0 Å². The van der Waals surface area contributed by atoms with Crippen molar-refractivity contribution in [2.75, 3.05) is 5.32 Å². The van der Waals surface area contributed by atoms with Crippen LogP contribution in [0.15, 0.2) is 59.6 Å². The second-order valence-electron chi connectivity index (χ2n) is 11.6. The van der Waals surface area contributed by atoms with Crippen LogP contribution >= 0.6 is 11.3 Å². The first-order valence-electron chi connectivity index (χ1n) is 14.8. The lowest BCUT2D eigenvalue weighted by molar-refractivity contribution is 0.102. The fourth-order valence-electron chi connectivity index (χ4n) is 6.42. The molecule has 0 spiro atoms. The maximum atomic E-state index is 13.8. The first kappa shape index (κ1) is 26.8. The van der Waals surface area contributed by atoms with E-state index in [2.05, 4.69) is 61.0 Å². The third-order valence-electron chi connectivity index (χ3n) is 8.68. The molecule has 5 heteroatoms. The van der Waals surface area contributed by atoms with E-state index >= 15 is 0 Å². The Morgan fingerprint density at radius 3 is 2.40 bits per heavy atom. The number of aromatic nitrogens is 1. The summed E-state index contributed by atoms with van der Waals surface area (Å²) in [7, 11) is 0. The second kappa shape index (κ2) is 11.6. The zero-order valence-electron chi connectivity index (χ0n) is 23.9. The average Bonchev–Trinajstić information content (AvgIpc) is 3.49. The Hall–Kier alpha value is -3.44. The normalized spacial score (nSPS) is 15.9. The number of benzene rings is 2. The molecule has 2 aromatic heterocycles. The molecule has 2 heterocycles. The summed E-state index contributed by atoms with van der Waals surface area (Å²) in [5.41, 5.74) is 9.84. The molecule has 1 amide bonds. The Balaban J connectivity index is 1.29. The zero-order chi connectivity index (χ0) is 27.6. The van der Waals surface area contributed by atoms with Crippen LogP contribution in [-0.2, 0) is 12.8 Å². The SMILES string of the molecule is Cc1ccc(NC(=O)c2c(-n3c(C)cc(C=Nc4ccc(C5CCCCC5)cc4)c3C)sc3c2CCCC3)cc1. The molecule has 0 bridgehead atoms. The molecule has 1 fully saturated rings. The number of amides is 1. The first-order valence-corrected chi connectivity index (χ1v) is 15.7. The van der Waals surface area contributed by atoms with Gasteiger partial charge in [0, 0.05) is 33.7 Å². The summed E-state index contributed by atoms with van der Waals surface area (Å²) in [4.78, 5) is 20.0. The van der Waals surface area contributed by atoms with E-state index in [4.69, 9.17) is 4.99 Å². The van der Waals surface area contributed by atoms with Crippen molar-refractivity contribution in [2.45, 2.75) is 84.5 Å². The number of hydrogen-bond donors (Lipinski definition) is 1. The largest absolute Gasteiger partial charge is 0.322 e. The first-order chi connectivity index (χ1) is 19.5. The molecule has 0 radical (unpaired) electrons. The van der Waals surface area contributed by atoms with Crippen LogP contribution in [0.25, 0.3) is 5.00 Å². The van der Waals surface area contributed by atoms with E-state index in [1.807, 2.05) is 30.5 Å². The summed E-state index contributed by atoms with van der Waals surface area (Å²) in [5, 5.41) is 4.21. The standard InChI is InChI=1S/C35H39N3OS/c1-23-13-17-30(18-14-23)37-34(39)33-31-11-7-8-12-32(31)40-35(33)38-24(2)21-28(25(38)3)22-36-29-19-15-27(16-20-29)26-9-5-4-6-10-26/h13-22,26H,4-12H2,1-3H3,(H,37,39). The monoisotopic (exact) mass is 549 g/mol. The van der Waals surface area contributed by atoms with Crippen LogP contribution in [0.2, 0.25) is 0 Å². The number of aliphatic imine (C=N–C) groups is 1. The van der Waals surface area contributed by atoms with E-state index in [-0.39, 0.29) is 5.91 Å². The topological polar surface area (TPSA) is 46.4 Å². The molecule has 0 saturated heterocycles. The molecule has 1 saturated carbocycles. The van der Waals surface area contributed by atoms with Crippen molar-refractivity contribution in [3.8, 4) is 5.00 Å². The van der Waals surface area contributed by atoms with Gasteiger partial charge in [-0.25, -0.2) is 0 Å². The van der Waals surface area contributed by atoms with E-state index in [0.29, 0.717) is 5.92 Å². The maximum absolute atomic E-state index is 13.8. The molecule has 2 aliphatic rings. The molecule has 6 rings (SSSR count). The van der Waals surface area contributed by atoms with E-state index in [9.17, 15) is 4.79 Å². The minimum Gasteiger partial charge on any atom is -0.322 e. The van der Waals surface area contributed by atoms with Crippen LogP contribution in [0.3, 0.4) is 0 Å². The van der Waals surface area contributed by atoms with Crippen molar-refractivity contribution in [1.82, 2.24) is 4.57 Å². The van der Waals surface area contributed by atoms with Gasteiger partial charge in [0.1, 0.15) is 5.00 Å². The molecule has 2 aliphatic carbocycles. The molecule has 206 valence electrons. The average molecular weight is 550 g/mol. The van der Waals surface area contributed by atoms with Crippen LogP contribution in [0.5, 0.6) is 0 Å². The fourth-order valence-corrected chi connectivity index (χ4v) is 7.91. The molecule has 0 aliphatic heterocycles. The lowest BCUT2D eigenvalue weighted by Crippen LogP contribution is -2.17. The third kappa shape index (κ3) is 5.44. The van der Waals surface area contributed by atoms with Crippen LogP contribution < -0.4 is 5.32 Å². The number of nitrogens with one attached hydrogen (secondary N) is 1. The van der Waals surface area contributed by atoms with Gasteiger partial charge in [-0.15, -0.1) is 11.3 Å². The highest BCUT2D eigenvalue weighted by Gasteiger charge is 2.28. The molecule has 4 nitrogen and oxygen atoms in total. The van der Waals surface area contributed by atoms with Gasteiger partial charge in [-0.1, -0.05) is 49.1 Å². The summed E-state index contributed by atoms with van der Waals surface area (Å²) in [6.07, 6.45) is 13.0. The predicted molar refractivity (Wildman–Crippen MR) is 168 cm³/mol. The maximum Gasteiger partial charge on any atom is 0.258 e. The van der Waals surface area contributed by atoms with E-state index < -0.39 is 0 Å². The molecule has 1 N–H and O–H groups in total. The number of rotatable bonds is 6. The number of fused-ring (bicyclic) bond motifs is 1. The minimum atomic E-state index is -0.0148. The summed E-state index contributed by atoms with van der Waals surface area (Å²) >= 11 is 1.79. The predicted octanol–water partition coefficient (Wildman–Crippen LogP) is 9.39.